The molecule has 0 aliphatic carbocycles. The molecule has 4 N–H and O–H groups in total. The highest BCUT2D eigenvalue weighted by molar-refractivity contribution is 5.96. The highest BCUT2D eigenvalue weighted by Gasteiger charge is 2.10. The molecular formula is C24H25N3O2. The number of benzene rings is 3. The van der Waals surface area contributed by atoms with Crippen LogP contribution >= 0.6 is 0 Å². The molecule has 0 saturated heterocycles. The van der Waals surface area contributed by atoms with Gasteiger partial charge in [0.05, 0.1) is 12.7 Å². The maximum Gasteiger partial charge on any atom is 0.146 e. The van der Waals surface area contributed by atoms with E-state index in [0.29, 0.717) is 12.4 Å². The molecule has 4 rings (SSSR count). The number of anilines is 2. The highest BCUT2D eigenvalue weighted by Crippen LogP contribution is 2.29. The molecule has 5 nitrogen and oxygen atoms in total. The number of aromatic nitrogens is 1. The fourth-order valence-electron chi connectivity index (χ4n) is 3.49. The Balaban J connectivity index is 1.35. The normalized spacial score (nSPS) is 12.2. The molecule has 0 radical (unpaired) electrons. The van der Waals surface area contributed by atoms with Crippen LogP contribution in [0.1, 0.15) is 19.8 Å². The first kappa shape index (κ1) is 18.9. The summed E-state index contributed by atoms with van der Waals surface area (Å²) < 4.78 is 12.2. The number of ether oxygens (including phenoxy) is 2. The molecule has 0 bridgehead atoms. The molecule has 1 aromatic heterocycles. The lowest BCUT2D eigenvalue weighted by Gasteiger charge is -2.16. The Bertz CT molecular complexity index is 1140. The lowest BCUT2D eigenvalue weighted by Crippen LogP contribution is -2.13. The summed E-state index contributed by atoms with van der Waals surface area (Å²) in [6.45, 7) is 2.67. The first-order valence-corrected chi connectivity index (χ1v) is 9.84. The largest absolute Gasteiger partial charge is 0.493 e. The first-order chi connectivity index (χ1) is 14.1. The minimum atomic E-state index is 0.0376. The third-order valence-corrected chi connectivity index (χ3v) is 4.96. The predicted molar refractivity (Wildman–Crippen MR) is 119 cm³/mol. The van der Waals surface area contributed by atoms with Crippen molar-refractivity contribution in [2.45, 2.75) is 25.9 Å². The summed E-state index contributed by atoms with van der Waals surface area (Å²) in [5, 5.41) is 3.07. The van der Waals surface area contributed by atoms with Gasteiger partial charge < -0.3 is 20.9 Å². The number of pyridine rings is 1. The number of nitrogens with zero attached hydrogens (tertiary/aromatic N) is 1. The van der Waals surface area contributed by atoms with Crippen LogP contribution in [0, 0.1) is 0 Å². The molecule has 1 atom stereocenters. The summed E-state index contributed by atoms with van der Waals surface area (Å²) in [6, 6.07) is 21.5. The molecular weight excluding hydrogens is 362 g/mol. The Kier molecular flexibility index (Phi) is 5.38. The van der Waals surface area contributed by atoms with Gasteiger partial charge in [-0.05, 0) is 50.1 Å². The molecule has 3 aromatic carbocycles. The Morgan fingerprint density at radius 2 is 1.62 bits per heavy atom. The van der Waals surface area contributed by atoms with Crippen molar-refractivity contribution in [1.29, 1.82) is 0 Å². The lowest BCUT2D eigenvalue weighted by atomic mass is 10.1. The minimum Gasteiger partial charge on any atom is -0.493 e. The van der Waals surface area contributed by atoms with Gasteiger partial charge in [0.1, 0.15) is 22.8 Å². The smallest absolute Gasteiger partial charge is 0.146 e. The van der Waals surface area contributed by atoms with Crippen molar-refractivity contribution >= 4 is 33.2 Å². The number of hydrogen-bond acceptors (Lipinski definition) is 5. The van der Waals surface area contributed by atoms with Crippen LogP contribution in [0.3, 0.4) is 0 Å². The fourth-order valence-corrected chi connectivity index (χ4v) is 3.49. The molecule has 1 unspecified atom stereocenters. The summed E-state index contributed by atoms with van der Waals surface area (Å²) in [5.74, 6) is 2.11. The zero-order chi connectivity index (χ0) is 20.2. The maximum atomic E-state index is 6.13. The van der Waals surface area contributed by atoms with Gasteiger partial charge in [0, 0.05) is 21.8 Å². The number of fused-ring (bicyclic) bond motifs is 2. The van der Waals surface area contributed by atoms with Crippen molar-refractivity contribution in [1.82, 2.24) is 4.98 Å². The first-order valence-electron chi connectivity index (χ1n) is 9.84. The summed E-state index contributed by atoms with van der Waals surface area (Å²) in [5.41, 5.74) is 13.5. The molecule has 5 heteroatoms. The number of nitrogens with two attached hydrogens (primary N) is 2. The van der Waals surface area contributed by atoms with E-state index >= 15 is 0 Å². The van der Waals surface area contributed by atoms with E-state index in [-0.39, 0.29) is 6.10 Å². The molecule has 0 saturated carbocycles. The third-order valence-electron chi connectivity index (χ3n) is 4.96. The van der Waals surface area contributed by atoms with Crippen LogP contribution < -0.4 is 20.9 Å². The molecule has 0 aliphatic heterocycles. The van der Waals surface area contributed by atoms with E-state index < -0.39 is 0 Å². The van der Waals surface area contributed by atoms with Gasteiger partial charge in [0.2, 0.25) is 0 Å². The number of hydrogen-bond donors (Lipinski definition) is 2. The van der Waals surface area contributed by atoms with E-state index in [2.05, 4.69) is 11.9 Å². The van der Waals surface area contributed by atoms with E-state index in [1.807, 2.05) is 60.7 Å². The van der Waals surface area contributed by atoms with Crippen molar-refractivity contribution in [3.63, 3.8) is 0 Å². The Morgan fingerprint density at radius 3 is 2.52 bits per heavy atom. The topological polar surface area (TPSA) is 83.4 Å². The van der Waals surface area contributed by atoms with Crippen LogP contribution in [0.25, 0.3) is 21.7 Å². The zero-order valence-corrected chi connectivity index (χ0v) is 16.5. The SMILES string of the molecule is CC(CCCOc1cccc2c(N)cccc12)Oc1cccc2ccc(N)nc12. The van der Waals surface area contributed by atoms with E-state index in [4.69, 9.17) is 20.9 Å². The number of nitrogen functional groups attached to an aromatic ring is 2. The van der Waals surface area contributed by atoms with Gasteiger partial charge in [0.25, 0.3) is 0 Å². The third kappa shape index (κ3) is 4.19. The van der Waals surface area contributed by atoms with E-state index in [9.17, 15) is 0 Å². The Morgan fingerprint density at radius 1 is 0.862 bits per heavy atom. The van der Waals surface area contributed by atoms with Gasteiger partial charge in [-0.3, -0.25) is 0 Å². The second-order valence-corrected chi connectivity index (χ2v) is 7.18. The van der Waals surface area contributed by atoms with Crippen LogP contribution in [-0.4, -0.2) is 17.7 Å². The standard InChI is InChI=1S/C24H25N3O2/c1-16(29-22-12-2-7-17-13-14-23(26)27-24(17)22)6-5-15-28-21-11-4-8-18-19(21)9-3-10-20(18)25/h2-4,7-14,16H,5-6,15,25H2,1H3,(H2,26,27). The quantitative estimate of drug-likeness (QED) is 0.337. The molecule has 0 aliphatic rings. The number of para-hydroxylation sites is 1. The molecule has 1 heterocycles. The van der Waals surface area contributed by atoms with Crippen molar-refractivity contribution in [2.24, 2.45) is 0 Å². The van der Waals surface area contributed by atoms with Gasteiger partial charge in [-0.1, -0.05) is 36.4 Å². The zero-order valence-electron chi connectivity index (χ0n) is 16.5. The monoisotopic (exact) mass is 387 g/mol. The van der Waals surface area contributed by atoms with Gasteiger partial charge in [-0.15, -0.1) is 0 Å². The summed E-state index contributed by atoms with van der Waals surface area (Å²) >= 11 is 0. The predicted octanol–water partition coefficient (Wildman–Crippen LogP) is 5.18. The van der Waals surface area contributed by atoms with Crippen molar-refractivity contribution < 1.29 is 9.47 Å². The summed E-state index contributed by atoms with van der Waals surface area (Å²) in [7, 11) is 0. The fraction of sp³-hybridized carbons (Fsp3) is 0.208. The molecule has 4 aromatic rings. The number of rotatable bonds is 7. The van der Waals surface area contributed by atoms with Gasteiger partial charge in [-0.25, -0.2) is 4.98 Å². The molecule has 29 heavy (non-hydrogen) atoms. The average Bonchev–Trinajstić information content (AvgIpc) is 2.72. The summed E-state index contributed by atoms with van der Waals surface area (Å²) in [4.78, 5) is 4.42. The van der Waals surface area contributed by atoms with Gasteiger partial charge >= 0.3 is 0 Å². The molecule has 0 amide bonds. The van der Waals surface area contributed by atoms with E-state index in [0.717, 1.165) is 51.7 Å². The summed E-state index contributed by atoms with van der Waals surface area (Å²) in [6.07, 6.45) is 1.78. The average molecular weight is 387 g/mol. The van der Waals surface area contributed by atoms with Crippen LogP contribution in [-0.2, 0) is 0 Å². The maximum absolute atomic E-state index is 6.13. The van der Waals surface area contributed by atoms with Gasteiger partial charge in [-0.2, -0.15) is 0 Å². The second kappa shape index (κ2) is 8.27. The second-order valence-electron chi connectivity index (χ2n) is 7.18. The highest BCUT2D eigenvalue weighted by atomic mass is 16.5. The van der Waals surface area contributed by atoms with Crippen LogP contribution in [0.2, 0.25) is 0 Å². The minimum absolute atomic E-state index is 0.0376. The molecule has 148 valence electrons. The van der Waals surface area contributed by atoms with Crippen molar-refractivity contribution in [3.8, 4) is 11.5 Å². The molecule has 0 spiro atoms. The van der Waals surface area contributed by atoms with E-state index in [1.54, 1.807) is 6.07 Å². The van der Waals surface area contributed by atoms with Crippen molar-refractivity contribution in [3.05, 3.63) is 66.7 Å². The lowest BCUT2D eigenvalue weighted by molar-refractivity contribution is 0.196. The molecule has 0 fully saturated rings. The van der Waals surface area contributed by atoms with Crippen LogP contribution in [0.5, 0.6) is 11.5 Å². The van der Waals surface area contributed by atoms with Crippen molar-refractivity contribution in [2.75, 3.05) is 18.1 Å². The van der Waals surface area contributed by atoms with E-state index in [1.165, 1.54) is 0 Å². The van der Waals surface area contributed by atoms with Crippen LogP contribution in [0.4, 0.5) is 11.5 Å². The Labute approximate surface area is 170 Å². The van der Waals surface area contributed by atoms with Crippen LogP contribution in [0.15, 0.2) is 66.7 Å². The Hall–Kier alpha value is -3.47. The van der Waals surface area contributed by atoms with Gasteiger partial charge in [0.15, 0.2) is 0 Å².